The standard InChI is InChI=1S/C32H33F2N3O6/c1-19-24(13-8-14-26(19)38)29(40)36-25(16-21-9-5-4-6-10-21)28(39)31(42)37-18-32(33,34)20(2)27(37)30(41)35-17-22-11-7-12-23(15-22)43-3/h4-15,25,27-28,38-39H,2,16-18H2,1,3H3,(H,35,41)(H,36,40)/t25?,27-,28-/m0/s1. The number of halogens is 2. The summed E-state index contributed by atoms with van der Waals surface area (Å²) in [6.45, 7) is 3.73. The number of aliphatic hydroxyl groups excluding tert-OH is 1. The molecule has 0 aliphatic carbocycles. The van der Waals surface area contributed by atoms with Crippen LogP contribution in [0.15, 0.2) is 84.9 Å². The highest BCUT2D eigenvalue weighted by molar-refractivity contribution is 5.97. The summed E-state index contributed by atoms with van der Waals surface area (Å²) in [5, 5.41) is 26.5. The van der Waals surface area contributed by atoms with Crippen LogP contribution in [0.1, 0.15) is 27.0 Å². The lowest BCUT2D eigenvalue weighted by molar-refractivity contribution is -0.146. The number of methoxy groups -OCH3 is 1. The maximum Gasteiger partial charge on any atom is 0.288 e. The van der Waals surface area contributed by atoms with E-state index < -0.39 is 53.9 Å². The van der Waals surface area contributed by atoms with E-state index in [1.165, 1.54) is 32.2 Å². The largest absolute Gasteiger partial charge is 0.508 e. The lowest BCUT2D eigenvalue weighted by Crippen LogP contribution is -2.56. The van der Waals surface area contributed by atoms with E-state index in [1.807, 2.05) is 0 Å². The maximum absolute atomic E-state index is 14.9. The molecule has 1 saturated heterocycles. The Labute approximate surface area is 247 Å². The Morgan fingerprint density at radius 3 is 2.44 bits per heavy atom. The number of rotatable bonds is 10. The molecule has 1 aliphatic rings. The third-order valence-electron chi connectivity index (χ3n) is 7.41. The Bertz CT molecular complexity index is 1510. The zero-order chi connectivity index (χ0) is 31.3. The van der Waals surface area contributed by atoms with E-state index in [2.05, 4.69) is 17.2 Å². The van der Waals surface area contributed by atoms with Gasteiger partial charge in [-0.25, -0.2) is 0 Å². The second-order valence-corrected chi connectivity index (χ2v) is 10.3. The minimum absolute atomic E-state index is 0.0325. The van der Waals surface area contributed by atoms with Crippen molar-refractivity contribution >= 4 is 17.7 Å². The molecule has 3 aromatic rings. The number of benzene rings is 3. The summed E-state index contributed by atoms with van der Waals surface area (Å²) < 4.78 is 34.9. The third kappa shape index (κ3) is 7.00. The van der Waals surface area contributed by atoms with Crippen LogP contribution >= 0.6 is 0 Å². The third-order valence-corrected chi connectivity index (χ3v) is 7.41. The number of hydrogen-bond acceptors (Lipinski definition) is 6. The molecule has 9 nitrogen and oxygen atoms in total. The summed E-state index contributed by atoms with van der Waals surface area (Å²) in [6, 6.07) is 16.8. The van der Waals surface area contributed by atoms with Crippen LogP contribution in [0, 0.1) is 6.92 Å². The molecule has 4 rings (SSSR count). The Morgan fingerprint density at radius 2 is 1.74 bits per heavy atom. The van der Waals surface area contributed by atoms with Crippen LogP contribution in [0.5, 0.6) is 11.5 Å². The van der Waals surface area contributed by atoms with Gasteiger partial charge in [0.15, 0.2) is 6.10 Å². The second-order valence-electron chi connectivity index (χ2n) is 10.3. The number of phenols is 1. The molecule has 43 heavy (non-hydrogen) atoms. The smallest absolute Gasteiger partial charge is 0.288 e. The topological polar surface area (TPSA) is 128 Å². The van der Waals surface area contributed by atoms with Gasteiger partial charge in [0, 0.05) is 23.2 Å². The first-order chi connectivity index (χ1) is 20.4. The fourth-order valence-corrected chi connectivity index (χ4v) is 4.94. The van der Waals surface area contributed by atoms with Crippen molar-refractivity contribution in [3.63, 3.8) is 0 Å². The second kappa shape index (κ2) is 13.0. The van der Waals surface area contributed by atoms with E-state index in [9.17, 15) is 33.4 Å². The first-order valence-corrected chi connectivity index (χ1v) is 13.5. The molecular formula is C32H33F2N3O6. The van der Waals surface area contributed by atoms with Crippen LogP contribution in [-0.4, -0.2) is 70.6 Å². The lowest BCUT2D eigenvalue weighted by Gasteiger charge is -2.30. The van der Waals surface area contributed by atoms with E-state index in [0.29, 0.717) is 21.8 Å². The summed E-state index contributed by atoms with van der Waals surface area (Å²) in [5.41, 5.74) is 0.885. The molecule has 0 aromatic heterocycles. The first-order valence-electron chi connectivity index (χ1n) is 13.5. The number of alkyl halides is 2. The van der Waals surface area contributed by atoms with Gasteiger partial charge in [0.05, 0.1) is 19.7 Å². The van der Waals surface area contributed by atoms with Gasteiger partial charge in [0.2, 0.25) is 5.91 Å². The van der Waals surface area contributed by atoms with Gasteiger partial charge in [0.1, 0.15) is 17.5 Å². The van der Waals surface area contributed by atoms with Crippen molar-refractivity contribution in [2.75, 3.05) is 13.7 Å². The van der Waals surface area contributed by atoms with Crippen LogP contribution in [0.3, 0.4) is 0 Å². The number of aliphatic hydroxyl groups is 1. The normalized spacial score (nSPS) is 17.2. The molecule has 0 saturated carbocycles. The van der Waals surface area contributed by atoms with Crippen LogP contribution in [-0.2, 0) is 22.6 Å². The minimum Gasteiger partial charge on any atom is -0.508 e. The van der Waals surface area contributed by atoms with Gasteiger partial charge in [-0.05, 0) is 48.7 Å². The molecule has 3 atom stereocenters. The lowest BCUT2D eigenvalue weighted by atomic mass is 9.98. The first kappa shape index (κ1) is 31.2. The van der Waals surface area contributed by atoms with Gasteiger partial charge < -0.3 is 30.5 Å². The molecule has 1 aliphatic heterocycles. The zero-order valence-corrected chi connectivity index (χ0v) is 23.7. The van der Waals surface area contributed by atoms with Crippen molar-refractivity contribution in [1.29, 1.82) is 0 Å². The molecule has 11 heteroatoms. The molecule has 226 valence electrons. The highest BCUT2D eigenvalue weighted by Gasteiger charge is 2.54. The van der Waals surface area contributed by atoms with Gasteiger partial charge >= 0.3 is 0 Å². The summed E-state index contributed by atoms with van der Waals surface area (Å²) in [7, 11) is 1.48. The summed E-state index contributed by atoms with van der Waals surface area (Å²) >= 11 is 0. The number of carbonyl (C=O) groups is 3. The van der Waals surface area contributed by atoms with Crippen LogP contribution in [0.4, 0.5) is 8.78 Å². The van der Waals surface area contributed by atoms with Gasteiger partial charge in [-0.15, -0.1) is 0 Å². The van der Waals surface area contributed by atoms with E-state index in [0.717, 1.165) is 0 Å². The molecule has 4 N–H and O–H groups in total. The highest BCUT2D eigenvalue weighted by atomic mass is 19.3. The number of amides is 3. The predicted molar refractivity (Wildman–Crippen MR) is 155 cm³/mol. The molecule has 1 heterocycles. The molecule has 0 bridgehead atoms. The fourth-order valence-electron chi connectivity index (χ4n) is 4.94. The van der Waals surface area contributed by atoms with Gasteiger partial charge in [-0.1, -0.05) is 55.1 Å². The average molecular weight is 594 g/mol. The molecular weight excluding hydrogens is 560 g/mol. The summed E-state index contributed by atoms with van der Waals surface area (Å²) in [4.78, 5) is 40.6. The van der Waals surface area contributed by atoms with Gasteiger partial charge in [-0.2, -0.15) is 8.78 Å². The number of phenolic OH excluding ortho intramolecular Hbond substituents is 1. The molecule has 1 unspecified atom stereocenters. The molecule has 0 radical (unpaired) electrons. The van der Waals surface area contributed by atoms with E-state index in [-0.39, 0.29) is 29.8 Å². The average Bonchev–Trinajstić information content (AvgIpc) is 3.24. The number of aromatic hydroxyl groups is 1. The molecule has 3 amide bonds. The summed E-state index contributed by atoms with van der Waals surface area (Å²) in [5.74, 6) is -5.94. The van der Waals surface area contributed by atoms with Crippen LogP contribution in [0.25, 0.3) is 0 Å². The number of hydrogen-bond donors (Lipinski definition) is 4. The number of nitrogens with one attached hydrogen (secondary N) is 2. The fraction of sp³-hybridized carbons (Fsp3) is 0.281. The predicted octanol–water partition coefficient (Wildman–Crippen LogP) is 3.13. The van der Waals surface area contributed by atoms with E-state index in [1.54, 1.807) is 54.6 Å². The zero-order valence-electron chi connectivity index (χ0n) is 23.7. The number of nitrogens with zero attached hydrogens (tertiary/aromatic N) is 1. The highest BCUT2D eigenvalue weighted by Crippen LogP contribution is 2.37. The van der Waals surface area contributed by atoms with Crippen molar-refractivity contribution in [2.24, 2.45) is 0 Å². The van der Waals surface area contributed by atoms with E-state index in [4.69, 9.17) is 4.74 Å². The monoisotopic (exact) mass is 593 g/mol. The van der Waals surface area contributed by atoms with Gasteiger partial charge in [0.25, 0.3) is 17.7 Å². The Hall–Kier alpha value is -4.77. The number of likely N-dealkylation sites (tertiary alicyclic amines) is 1. The van der Waals surface area contributed by atoms with Gasteiger partial charge in [-0.3, -0.25) is 14.4 Å². The van der Waals surface area contributed by atoms with Crippen molar-refractivity contribution < 1.29 is 38.1 Å². The molecule has 3 aromatic carbocycles. The van der Waals surface area contributed by atoms with Crippen molar-refractivity contribution in [3.05, 3.63) is 107 Å². The van der Waals surface area contributed by atoms with Crippen LogP contribution < -0.4 is 15.4 Å². The molecule has 1 fully saturated rings. The maximum atomic E-state index is 14.9. The summed E-state index contributed by atoms with van der Waals surface area (Å²) in [6.07, 6.45) is -2.04. The minimum atomic E-state index is -3.59. The van der Waals surface area contributed by atoms with Crippen molar-refractivity contribution in [3.8, 4) is 11.5 Å². The van der Waals surface area contributed by atoms with Crippen molar-refractivity contribution in [1.82, 2.24) is 15.5 Å². The Morgan fingerprint density at radius 1 is 1.07 bits per heavy atom. The Kier molecular flexibility index (Phi) is 9.45. The van der Waals surface area contributed by atoms with E-state index >= 15 is 0 Å². The Balaban J connectivity index is 1.58. The quantitative estimate of drug-likeness (QED) is 0.268. The van der Waals surface area contributed by atoms with Crippen molar-refractivity contribution in [2.45, 2.75) is 44.0 Å². The SMILES string of the molecule is C=C1[C@@H](C(=O)NCc2cccc(OC)c2)N(C(=O)[C@@H](O)C(Cc2ccccc2)NC(=O)c2cccc(O)c2C)CC1(F)F. The van der Waals surface area contributed by atoms with Crippen LogP contribution in [0.2, 0.25) is 0 Å². The number of carbonyl (C=O) groups excluding carboxylic acids is 3. The number of ether oxygens (including phenoxy) is 1. The molecule has 0 spiro atoms.